The van der Waals surface area contributed by atoms with Crippen molar-refractivity contribution in [1.29, 1.82) is 5.26 Å². The molecular formula is C11H16F6N2O. The summed E-state index contributed by atoms with van der Waals surface area (Å²) in [6, 6.07) is 1.95. The van der Waals surface area contributed by atoms with E-state index < -0.39 is 30.6 Å². The van der Waals surface area contributed by atoms with Gasteiger partial charge < -0.3 is 10.1 Å². The van der Waals surface area contributed by atoms with Crippen molar-refractivity contribution in [2.45, 2.75) is 50.2 Å². The average molecular weight is 306 g/mol. The summed E-state index contributed by atoms with van der Waals surface area (Å²) >= 11 is 0. The quantitative estimate of drug-likeness (QED) is 0.580. The summed E-state index contributed by atoms with van der Waals surface area (Å²) in [5.74, 6) is 0. The highest BCUT2D eigenvalue weighted by molar-refractivity contribution is 5.05. The normalized spacial score (nSPS) is 16.0. The molecule has 0 aromatic heterocycles. The zero-order chi connectivity index (χ0) is 16.0. The Bertz CT molecular complexity index is 315. The molecule has 0 radical (unpaired) electrons. The van der Waals surface area contributed by atoms with Gasteiger partial charge in [-0.1, -0.05) is 6.92 Å². The number of nitrogens with zero attached hydrogens (tertiary/aromatic N) is 1. The van der Waals surface area contributed by atoms with E-state index in [1.54, 1.807) is 6.92 Å². The van der Waals surface area contributed by atoms with Gasteiger partial charge in [-0.25, -0.2) is 0 Å². The second kappa shape index (κ2) is 7.13. The minimum absolute atomic E-state index is 0.0924. The van der Waals surface area contributed by atoms with Crippen LogP contribution < -0.4 is 5.32 Å². The average Bonchev–Trinajstić information content (AvgIpc) is 2.31. The molecule has 1 unspecified atom stereocenters. The van der Waals surface area contributed by atoms with Crippen molar-refractivity contribution in [3.8, 4) is 6.07 Å². The lowest BCUT2D eigenvalue weighted by atomic mass is 9.92. The number of halogens is 6. The number of nitrogens with one attached hydrogen (secondary N) is 1. The Balaban J connectivity index is 4.45. The maximum absolute atomic E-state index is 12.2. The lowest BCUT2D eigenvalue weighted by Crippen LogP contribution is -2.45. The van der Waals surface area contributed by atoms with Gasteiger partial charge >= 0.3 is 12.4 Å². The molecule has 0 spiro atoms. The molecule has 0 fully saturated rings. The highest BCUT2D eigenvalue weighted by Crippen LogP contribution is 2.35. The largest absolute Gasteiger partial charge is 0.423 e. The van der Waals surface area contributed by atoms with Crippen LogP contribution in [-0.2, 0) is 4.74 Å². The molecule has 0 aliphatic heterocycles. The van der Waals surface area contributed by atoms with E-state index in [1.807, 2.05) is 6.07 Å². The van der Waals surface area contributed by atoms with Gasteiger partial charge in [0.1, 0.15) is 5.54 Å². The molecule has 0 saturated heterocycles. The van der Waals surface area contributed by atoms with Crippen LogP contribution in [0, 0.1) is 11.3 Å². The molecule has 0 aliphatic rings. The molecule has 0 bridgehead atoms. The minimum Gasteiger partial charge on any atom is -0.361 e. The SMILES string of the molecule is CCC(C#N)(CCCOC(C(F)(F)F)C(F)(F)F)NC. The van der Waals surface area contributed by atoms with E-state index in [1.165, 1.54) is 7.05 Å². The third-order valence-corrected chi connectivity index (χ3v) is 2.92. The van der Waals surface area contributed by atoms with Crippen LogP contribution in [0.1, 0.15) is 26.2 Å². The molecule has 9 heteroatoms. The summed E-state index contributed by atoms with van der Waals surface area (Å²) in [6.45, 7) is 0.962. The second-order valence-electron chi connectivity index (χ2n) is 4.24. The van der Waals surface area contributed by atoms with Gasteiger partial charge in [-0.3, -0.25) is 0 Å². The maximum atomic E-state index is 12.2. The Morgan fingerprint density at radius 3 is 1.95 bits per heavy atom. The van der Waals surface area contributed by atoms with E-state index in [0.717, 1.165) is 0 Å². The van der Waals surface area contributed by atoms with Crippen molar-refractivity contribution < 1.29 is 31.1 Å². The summed E-state index contributed by atoms with van der Waals surface area (Å²) in [5.41, 5.74) is -0.963. The monoisotopic (exact) mass is 306 g/mol. The first-order valence-corrected chi connectivity index (χ1v) is 5.87. The van der Waals surface area contributed by atoms with Crippen LogP contribution in [-0.4, -0.2) is 37.7 Å². The lowest BCUT2D eigenvalue weighted by molar-refractivity contribution is -0.321. The highest BCUT2D eigenvalue weighted by atomic mass is 19.4. The Morgan fingerprint density at radius 1 is 1.15 bits per heavy atom. The molecule has 0 aromatic carbocycles. The topological polar surface area (TPSA) is 45.0 Å². The molecule has 0 amide bonds. The zero-order valence-corrected chi connectivity index (χ0v) is 11.0. The predicted molar refractivity (Wildman–Crippen MR) is 58.8 cm³/mol. The van der Waals surface area contributed by atoms with Crippen molar-refractivity contribution in [2.75, 3.05) is 13.7 Å². The highest BCUT2D eigenvalue weighted by Gasteiger charge is 2.57. The van der Waals surface area contributed by atoms with Gasteiger partial charge in [-0.05, 0) is 26.3 Å². The van der Waals surface area contributed by atoms with E-state index in [-0.39, 0.29) is 12.8 Å². The van der Waals surface area contributed by atoms with Gasteiger partial charge in [0, 0.05) is 6.61 Å². The fourth-order valence-corrected chi connectivity index (χ4v) is 1.62. The molecule has 0 heterocycles. The first-order valence-electron chi connectivity index (χ1n) is 5.87. The molecule has 20 heavy (non-hydrogen) atoms. The first-order chi connectivity index (χ1) is 9.02. The van der Waals surface area contributed by atoms with Crippen molar-refractivity contribution in [3.63, 3.8) is 0 Å². The smallest absolute Gasteiger partial charge is 0.361 e. The number of nitriles is 1. The maximum Gasteiger partial charge on any atom is 0.423 e. The Kier molecular flexibility index (Phi) is 6.77. The van der Waals surface area contributed by atoms with Crippen molar-refractivity contribution >= 4 is 0 Å². The second-order valence-corrected chi connectivity index (χ2v) is 4.24. The molecule has 0 aromatic rings. The van der Waals surface area contributed by atoms with Crippen molar-refractivity contribution in [3.05, 3.63) is 0 Å². The Morgan fingerprint density at radius 2 is 1.65 bits per heavy atom. The van der Waals surface area contributed by atoms with Crippen molar-refractivity contribution in [1.82, 2.24) is 5.32 Å². The van der Waals surface area contributed by atoms with Crippen LogP contribution in [0.4, 0.5) is 26.3 Å². The molecule has 1 atom stereocenters. The summed E-state index contributed by atoms with van der Waals surface area (Å²) in [4.78, 5) is 0. The molecule has 118 valence electrons. The van der Waals surface area contributed by atoms with E-state index in [4.69, 9.17) is 5.26 Å². The minimum atomic E-state index is -5.50. The summed E-state index contributed by atoms with van der Waals surface area (Å²) in [5, 5.41) is 11.6. The number of hydrogen-bond acceptors (Lipinski definition) is 3. The zero-order valence-electron chi connectivity index (χ0n) is 11.0. The van der Waals surface area contributed by atoms with Gasteiger partial charge in [0.15, 0.2) is 0 Å². The lowest BCUT2D eigenvalue weighted by Gasteiger charge is -2.26. The molecular weight excluding hydrogens is 290 g/mol. The standard InChI is InChI=1S/C11H16F6N2O/c1-3-9(7-18,19-2)5-4-6-20-8(10(12,13)14)11(15,16)17/h8,19H,3-6H2,1-2H3. The molecule has 1 N–H and O–H groups in total. The fraction of sp³-hybridized carbons (Fsp3) is 0.909. The van der Waals surface area contributed by atoms with Gasteiger partial charge in [-0.2, -0.15) is 31.6 Å². The molecule has 0 saturated carbocycles. The number of hydrogen-bond donors (Lipinski definition) is 1. The van der Waals surface area contributed by atoms with E-state index in [2.05, 4.69) is 10.1 Å². The molecule has 0 aliphatic carbocycles. The Labute approximate surface area is 112 Å². The summed E-state index contributed by atoms with van der Waals surface area (Å²) in [6.07, 6.45) is -14.4. The fourth-order valence-electron chi connectivity index (χ4n) is 1.62. The summed E-state index contributed by atoms with van der Waals surface area (Å²) in [7, 11) is 1.50. The van der Waals surface area contributed by atoms with Crippen LogP contribution in [0.25, 0.3) is 0 Å². The molecule has 0 rings (SSSR count). The number of alkyl halides is 6. The molecule has 3 nitrogen and oxygen atoms in total. The van der Waals surface area contributed by atoms with Gasteiger partial charge in [0.25, 0.3) is 0 Å². The van der Waals surface area contributed by atoms with Crippen LogP contribution >= 0.6 is 0 Å². The van der Waals surface area contributed by atoms with E-state index in [9.17, 15) is 26.3 Å². The van der Waals surface area contributed by atoms with Gasteiger partial charge in [0.05, 0.1) is 6.07 Å². The van der Waals surface area contributed by atoms with Crippen LogP contribution in [0.2, 0.25) is 0 Å². The van der Waals surface area contributed by atoms with E-state index >= 15 is 0 Å². The van der Waals surface area contributed by atoms with Gasteiger partial charge in [0.2, 0.25) is 6.10 Å². The predicted octanol–water partition coefficient (Wildman–Crippen LogP) is 3.17. The third-order valence-electron chi connectivity index (χ3n) is 2.92. The van der Waals surface area contributed by atoms with Crippen LogP contribution in [0.15, 0.2) is 0 Å². The Hall–Kier alpha value is -1.01. The number of rotatable bonds is 7. The van der Waals surface area contributed by atoms with E-state index in [0.29, 0.717) is 6.42 Å². The number of ether oxygens (including phenoxy) is 1. The van der Waals surface area contributed by atoms with Crippen LogP contribution in [0.3, 0.4) is 0 Å². The van der Waals surface area contributed by atoms with Crippen molar-refractivity contribution in [2.24, 2.45) is 0 Å². The van der Waals surface area contributed by atoms with Crippen LogP contribution in [0.5, 0.6) is 0 Å². The summed E-state index contributed by atoms with van der Waals surface area (Å²) < 4.78 is 76.9. The third kappa shape index (κ3) is 5.54. The first kappa shape index (κ1) is 19.0. The van der Waals surface area contributed by atoms with Gasteiger partial charge in [-0.15, -0.1) is 0 Å².